The Kier molecular flexibility index (Phi) is 3.75. The fraction of sp³-hybridized carbons (Fsp3) is 0.565. The van der Waals surface area contributed by atoms with E-state index in [-0.39, 0.29) is 11.1 Å². The molecule has 0 radical (unpaired) electrons. The van der Waals surface area contributed by atoms with E-state index in [2.05, 4.69) is 25.4 Å². The van der Waals surface area contributed by atoms with Crippen LogP contribution in [0.4, 0.5) is 14.6 Å². The molecule has 2 aliphatic carbocycles. The number of ether oxygens (including phenoxy) is 1. The van der Waals surface area contributed by atoms with Crippen molar-refractivity contribution in [3.63, 3.8) is 0 Å². The first-order valence-electron chi connectivity index (χ1n) is 17.9. The number of aromatic nitrogens is 5. The van der Waals surface area contributed by atoms with Crippen molar-refractivity contribution in [1.82, 2.24) is 25.0 Å². The van der Waals surface area contributed by atoms with Crippen LogP contribution in [0.15, 0.2) is 23.3 Å². The topological polar surface area (TPSA) is 138 Å². The lowest BCUT2D eigenvalue weighted by Crippen LogP contribution is -2.33. The number of rotatable bonds is 11. The molecule has 0 aliphatic heterocycles. The molecule has 194 valence electrons. The van der Waals surface area contributed by atoms with E-state index in [9.17, 15) is 19.0 Å². The van der Waals surface area contributed by atoms with Gasteiger partial charge in [-0.05, 0) is 30.5 Å². The van der Waals surface area contributed by atoms with Crippen LogP contribution in [0.1, 0.15) is 61.5 Å². The monoisotopic (exact) mass is 537 g/mol. The lowest BCUT2D eigenvalue weighted by molar-refractivity contribution is -0.0629. The summed E-state index contributed by atoms with van der Waals surface area (Å²) in [5.74, 6) is -5.51. The Balaban J connectivity index is 1.70. The van der Waals surface area contributed by atoms with Gasteiger partial charge in [0.15, 0.2) is 35.2 Å². The van der Waals surface area contributed by atoms with Crippen LogP contribution in [-0.2, 0) is 4.74 Å². The smallest absolute Gasteiger partial charge is 0.210 e. The Morgan fingerprint density at radius 1 is 1.39 bits per heavy atom. The van der Waals surface area contributed by atoms with Gasteiger partial charge in [0.2, 0.25) is 1.43 Å². The van der Waals surface area contributed by atoms with Gasteiger partial charge in [-0.15, -0.1) is 5.10 Å². The van der Waals surface area contributed by atoms with Crippen LogP contribution in [0, 0.1) is 11.6 Å². The van der Waals surface area contributed by atoms with Crippen molar-refractivity contribution in [2.75, 3.05) is 24.2 Å². The Morgan fingerprint density at radius 2 is 2.25 bits per heavy atom. The number of aliphatic hydroxyl groups is 3. The van der Waals surface area contributed by atoms with Gasteiger partial charge in [0, 0.05) is 28.1 Å². The molecule has 1 aromatic carbocycles. The summed E-state index contributed by atoms with van der Waals surface area (Å²) in [6, 6.07) is -9.26. The molecule has 2 aliphatic rings. The van der Waals surface area contributed by atoms with Gasteiger partial charge in [-0.1, -0.05) is 29.9 Å². The van der Waals surface area contributed by atoms with Crippen molar-refractivity contribution in [3.05, 3.63) is 35.3 Å². The van der Waals surface area contributed by atoms with E-state index in [1.54, 1.807) is 6.92 Å². The van der Waals surface area contributed by atoms with Crippen molar-refractivity contribution >= 4 is 28.7 Å². The highest BCUT2D eigenvalue weighted by molar-refractivity contribution is 7.99. The molecule has 0 saturated heterocycles. The van der Waals surface area contributed by atoms with Crippen LogP contribution in [0.3, 0.4) is 0 Å². The van der Waals surface area contributed by atoms with Gasteiger partial charge in [0.1, 0.15) is 12.2 Å². The van der Waals surface area contributed by atoms with Crippen LogP contribution in [0.5, 0.6) is 0 Å². The summed E-state index contributed by atoms with van der Waals surface area (Å²) in [4.78, 5) is 8.27. The highest BCUT2D eigenvalue weighted by Gasteiger charge is 2.45. The van der Waals surface area contributed by atoms with Gasteiger partial charge < -0.3 is 25.4 Å². The van der Waals surface area contributed by atoms with Crippen molar-refractivity contribution in [2.45, 2.75) is 67.5 Å². The molecule has 10 nitrogen and oxygen atoms in total. The van der Waals surface area contributed by atoms with Crippen LogP contribution >= 0.6 is 11.8 Å². The lowest BCUT2D eigenvalue weighted by atomic mass is 10.1. The van der Waals surface area contributed by atoms with E-state index in [1.165, 1.54) is 0 Å². The lowest BCUT2D eigenvalue weighted by Gasteiger charge is -2.17. The number of benzene rings is 1. The minimum Gasteiger partial charge on any atom is -0.394 e. The van der Waals surface area contributed by atoms with Crippen LogP contribution < -0.4 is 5.31 Å². The Hall–Kier alpha value is -2.45. The number of nitrogens with one attached hydrogen (secondary N) is 1. The Morgan fingerprint density at radius 3 is 3.06 bits per heavy atom. The van der Waals surface area contributed by atoms with Crippen molar-refractivity contribution in [1.29, 1.82) is 1.43 Å². The fourth-order valence-electron chi connectivity index (χ4n) is 3.26. The molecule has 36 heavy (non-hydrogen) atoms. The van der Waals surface area contributed by atoms with E-state index in [4.69, 9.17) is 25.4 Å². The molecule has 2 heterocycles. The maximum atomic E-state index is 14.4. The zero-order valence-electron chi connectivity index (χ0n) is 33.3. The second-order valence-corrected chi connectivity index (χ2v) is 8.34. The second kappa shape index (κ2) is 10.5. The van der Waals surface area contributed by atoms with Crippen LogP contribution in [0.2, 0.25) is 1.41 Å². The summed E-state index contributed by atoms with van der Waals surface area (Å²) in [5, 5.41) is 33.4. The molecule has 2 saturated carbocycles. The molecule has 2 aromatic heterocycles. The number of nitrogens with zero attached hydrogens (tertiary/aromatic N) is 5. The largest absolute Gasteiger partial charge is 0.394 e. The summed E-state index contributed by atoms with van der Waals surface area (Å²) in [7, 11) is 0. The first-order valence-corrected chi connectivity index (χ1v) is 11.3. The third kappa shape index (κ3) is 4.90. The van der Waals surface area contributed by atoms with Crippen molar-refractivity contribution in [3.8, 4) is 0 Å². The maximum absolute atomic E-state index is 14.4. The van der Waals surface area contributed by atoms with Crippen molar-refractivity contribution in [2.24, 2.45) is 0 Å². The summed E-state index contributed by atoms with van der Waals surface area (Å²) < 4.78 is 157. The predicted molar refractivity (Wildman–Crippen MR) is 128 cm³/mol. The molecule has 0 amide bonds. The van der Waals surface area contributed by atoms with Gasteiger partial charge in [-0.3, -0.25) is 0 Å². The van der Waals surface area contributed by atoms with E-state index < -0.39 is 125 Å². The molecule has 3 aromatic rings. The van der Waals surface area contributed by atoms with Crippen molar-refractivity contribution < 1.29 is 48.1 Å². The second-order valence-electron chi connectivity index (χ2n) is 7.41. The van der Waals surface area contributed by atoms with Gasteiger partial charge in [0.05, 0.1) is 39.0 Å². The SMILES string of the molecule is [2H]OC([2H])([2H])CO[C@@]1([2H])C([2H])([2H])[C@@]([2H])(n2nnc3c(N([2H])[C@@]4([2H])CC4c4c([2H])c([2H])c(F)c(F)c4[2H])nc(SC([2H])CC)nc32)[C@]([2H])(O)[C@]1([2H])O. The molecule has 2 fully saturated rings. The molecule has 2 unspecified atom stereocenters. The molecule has 7 atom stereocenters. The van der Waals surface area contributed by atoms with Crippen LogP contribution in [-0.4, -0.2) is 84.9 Å². The fourth-order valence-corrected chi connectivity index (χ4v) is 3.85. The third-order valence-corrected chi connectivity index (χ3v) is 5.89. The summed E-state index contributed by atoms with van der Waals surface area (Å²) in [6.45, 7) is -2.97. The molecule has 0 bridgehead atoms. The van der Waals surface area contributed by atoms with Gasteiger partial charge in [-0.2, -0.15) is 0 Å². The standard InChI is InChI=1S/C23H28F2N6O4S/c1-2-7-36-23-27-21(26-15-9-12(15)11-3-4-13(24)14(25)8-11)18-22(28-23)31(30-29-18)16-10-17(35-6-5-32)20(34)19(16)33/h3-4,8,12,15-17,19-20,32-34H,2,5-7,9-10H2,1H3,(H,26,27,28)/t12?,15-,16+,17-,19-,20+/m0/s1/i3D,4D,5D2,7D,8D,10D2,15D,16D,17D,19D,20D,32D/hD/t7?,12?,15-,16+,17-,19-,20+. The number of halogens is 2. The Labute approximate surface area is 231 Å². The number of thioether (sulfide) groups is 1. The Bertz CT molecular complexity index is 1870. The normalized spacial score (nSPS) is 46.5. The summed E-state index contributed by atoms with van der Waals surface area (Å²) >= 11 is 0.637. The van der Waals surface area contributed by atoms with Crippen LogP contribution in [0.25, 0.3) is 11.2 Å². The molecule has 0 spiro atoms. The summed E-state index contributed by atoms with van der Waals surface area (Å²) in [6.07, 6.45) is -16.3. The number of anilines is 1. The van der Waals surface area contributed by atoms with E-state index in [0.717, 1.165) is 0 Å². The minimum absolute atomic E-state index is 0.0879. The molecular formula is C23H28F2N6O4S. The summed E-state index contributed by atoms with van der Waals surface area (Å²) in [5.41, 5.74) is -3.01. The zero-order chi connectivity index (χ0) is 38.7. The first-order chi connectivity index (χ1) is 23.2. The van der Waals surface area contributed by atoms with E-state index in [0.29, 0.717) is 17.1 Å². The van der Waals surface area contributed by atoms with Gasteiger partial charge in [-0.25, -0.2) is 23.4 Å². The van der Waals surface area contributed by atoms with Gasteiger partial charge in [0.25, 0.3) is 0 Å². The van der Waals surface area contributed by atoms with E-state index in [1.807, 2.05) is 0 Å². The van der Waals surface area contributed by atoms with E-state index >= 15 is 0 Å². The minimum atomic E-state index is -4.14. The average Bonchev–Trinajstić information content (AvgIpc) is 3.54. The molecular weight excluding hydrogens is 494 g/mol. The zero-order valence-corrected chi connectivity index (χ0v) is 19.2. The highest BCUT2D eigenvalue weighted by Crippen LogP contribution is 2.44. The maximum Gasteiger partial charge on any atom is 0.210 e. The predicted octanol–water partition coefficient (Wildman–Crippen LogP) is 2.01. The quantitative estimate of drug-likeness (QED) is 0.212. The first kappa shape index (κ1) is 12.9. The average molecular weight is 538 g/mol. The number of hydrogen-bond acceptors (Lipinski definition) is 10. The van der Waals surface area contributed by atoms with Gasteiger partial charge >= 0.3 is 0 Å². The molecule has 13 heteroatoms. The number of hydrogen-bond donors (Lipinski definition) is 4. The third-order valence-electron chi connectivity index (χ3n) is 5.00. The number of fused-ring (bicyclic) bond motifs is 1. The molecule has 5 rings (SSSR count). The molecule has 4 N–H and O–H groups in total. The highest BCUT2D eigenvalue weighted by atomic mass is 32.2.